The average molecular weight is 350 g/mol. The van der Waals surface area contributed by atoms with Crippen molar-refractivity contribution in [3.63, 3.8) is 0 Å². The lowest BCUT2D eigenvalue weighted by Gasteiger charge is -2.37. The molecule has 0 saturated heterocycles. The van der Waals surface area contributed by atoms with Crippen molar-refractivity contribution in [2.24, 2.45) is 0 Å². The maximum atomic E-state index is 12.7. The van der Waals surface area contributed by atoms with Crippen LogP contribution in [0, 0.1) is 0 Å². The van der Waals surface area contributed by atoms with Gasteiger partial charge in [0.05, 0.1) is 18.1 Å². The molecule has 0 unspecified atom stereocenters. The first-order valence-corrected chi connectivity index (χ1v) is 8.41. The third-order valence-electron chi connectivity index (χ3n) is 4.89. The predicted octanol–water partition coefficient (Wildman–Crippen LogP) is 3.64. The van der Waals surface area contributed by atoms with E-state index in [0.717, 1.165) is 5.56 Å². The van der Waals surface area contributed by atoms with E-state index in [1.54, 1.807) is 19.1 Å². The smallest absolute Gasteiger partial charge is 0.349 e. The summed E-state index contributed by atoms with van der Waals surface area (Å²) in [5.74, 6) is -0.406. The maximum Gasteiger partial charge on any atom is 0.349 e. The number of carbonyl (C=O) groups is 1. The molecule has 132 valence electrons. The quantitative estimate of drug-likeness (QED) is 0.521. The van der Waals surface area contributed by atoms with Gasteiger partial charge in [0.25, 0.3) is 0 Å². The van der Waals surface area contributed by atoms with Gasteiger partial charge in [0.1, 0.15) is 11.3 Å². The second kappa shape index (κ2) is 6.02. The average Bonchev–Trinajstić information content (AvgIpc) is 2.67. The monoisotopic (exact) mass is 350 g/mol. The van der Waals surface area contributed by atoms with Crippen LogP contribution in [0.4, 0.5) is 0 Å². The number of benzene rings is 2. The van der Waals surface area contributed by atoms with E-state index in [4.69, 9.17) is 13.9 Å². The van der Waals surface area contributed by atoms with Gasteiger partial charge in [-0.1, -0.05) is 42.5 Å². The van der Waals surface area contributed by atoms with Crippen molar-refractivity contribution in [3.05, 3.63) is 76.1 Å². The molecule has 5 heteroatoms. The van der Waals surface area contributed by atoms with E-state index in [9.17, 15) is 9.59 Å². The van der Waals surface area contributed by atoms with E-state index in [1.165, 1.54) is 7.11 Å². The SMILES string of the molecule is COC(=O)[C@]1(C)C[C@@H](c2ccccc2)c2c(c3ccccc3oc2=O)O1. The first kappa shape index (κ1) is 16.4. The molecular weight excluding hydrogens is 332 g/mol. The largest absolute Gasteiger partial charge is 0.474 e. The molecule has 0 radical (unpaired) electrons. The Morgan fingerprint density at radius 2 is 1.81 bits per heavy atom. The normalized spacial score (nSPS) is 21.7. The number of rotatable bonds is 2. The first-order chi connectivity index (χ1) is 12.5. The number of ether oxygens (including phenoxy) is 2. The van der Waals surface area contributed by atoms with Crippen molar-refractivity contribution in [2.45, 2.75) is 24.9 Å². The highest BCUT2D eigenvalue weighted by Gasteiger charge is 2.46. The molecule has 1 aliphatic heterocycles. The lowest BCUT2D eigenvalue weighted by Crippen LogP contribution is -2.47. The van der Waals surface area contributed by atoms with Gasteiger partial charge in [-0.25, -0.2) is 9.59 Å². The van der Waals surface area contributed by atoms with Crippen molar-refractivity contribution in [3.8, 4) is 5.75 Å². The van der Waals surface area contributed by atoms with E-state index in [1.807, 2.05) is 42.5 Å². The fourth-order valence-corrected chi connectivity index (χ4v) is 3.62. The Kier molecular flexibility index (Phi) is 3.80. The van der Waals surface area contributed by atoms with Crippen LogP contribution in [0.3, 0.4) is 0 Å². The molecule has 0 spiro atoms. The number of hydrogen-bond acceptors (Lipinski definition) is 5. The summed E-state index contributed by atoms with van der Waals surface area (Å²) in [6.45, 7) is 1.70. The fourth-order valence-electron chi connectivity index (χ4n) is 3.62. The Balaban J connectivity index is 2.02. The van der Waals surface area contributed by atoms with Gasteiger partial charge in [-0.2, -0.15) is 0 Å². The first-order valence-electron chi connectivity index (χ1n) is 8.41. The fraction of sp³-hybridized carbons (Fsp3) is 0.238. The van der Waals surface area contributed by atoms with Gasteiger partial charge < -0.3 is 13.9 Å². The van der Waals surface area contributed by atoms with Gasteiger partial charge in [-0.05, 0) is 24.6 Å². The topological polar surface area (TPSA) is 65.7 Å². The number of methoxy groups -OCH3 is 1. The Morgan fingerprint density at radius 3 is 2.54 bits per heavy atom. The molecule has 0 aliphatic carbocycles. The Morgan fingerprint density at radius 1 is 1.12 bits per heavy atom. The minimum Gasteiger partial charge on any atom is -0.474 e. The van der Waals surface area contributed by atoms with Gasteiger partial charge in [-0.3, -0.25) is 0 Å². The lowest BCUT2D eigenvalue weighted by molar-refractivity contribution is -0.159. The number of hydrogen-bond donors (Lipinski definition) is 0. The van der Waals surface area contributed by atoms with E-state index < -0.39 is 17.2 Å². The minimum absolute atomic E-state index is 0.291. The predicted molar refractivity (Wildman–Crippen MR) is 96.4 cm³/mol. The van der Waals surface area contributed by atoms with E-state index in [-0.39, 0.29) is 5.92 Å². The summed E-state index contributed by atoms with van der Waals surface area (Å²) in [6.07, 6.45) is 0.291. The summed E-state index contributed by atoms with van der Waals surface area (Å²) in [7, 11) is 1.33. The van der Waals surface area contributed by atoms with Gasteiger partial charge in [0, 0.05) is 12.3 Å². The summed E-state index contributed by atoms with van der Waals surface area (Å²) in [4.78, 5) is 25.2. The van der Waals surface area contributed by atoms with Crippen molar-refractivity contribution >= 4 is 16.9 Å². The number of fused-ring (bicyclic) bond motifs is 3. The molecule has 0 bridgehead atoms. The molecule has 2 atom stereocenters. The highest BCUT2D eigenvalue weighted by molar-refractivity contribution is 5.87. The van der Waals surface area contributed by atoms with Crippen molar-refractivity contribution in [1.29, 1.82) is 0 Å². The van der Waals surface area contributed by atoms with Crippen molar-refractivity contribution in [1.82, 2.24) is 0 Å². The number of carbonyl (C=O) groups excluding carboxylic acids is 1. The third-order valence-corrected chi connectivity index (χ3v) is 4.89. The molecular formula is C21H18O5. The second-order valence-electron chi connectivity index (χ2n) is 6.62. The van der Waals surface area contributed by atoms with Crippen LogP contribution in [0.1, 0.15) is 30.4 Å². The second-order valence-corrected chi connectivity index (χ2v) is 6.62. The Labute approximate surface area is 150 Å². The molecule has 0 amide bonds. The molecule has 1 aromatic heterocycles. The standard InChI is InChI=1S/C21H18O5/c1-21(20(23)24-2)12-15(13-8-4-3-5-9-13)17-18(26-21)14-10-6-7-11-16(14)25-19(17)22/h3-11,15H,12H2,1-2H3/t15-,21-/m0/s1. The number of para-hydroxylation sites is 1. The number of esters is 1. The van der Waals surface area contributed by atoms with Gasteiger partial charge in [0.15, 0.2) is 0 Å². The summed E-state index contributed by atoms with van der Waals surface area (Å²) < 4.78 is 16.6. The lowest BCUT2D eigenvalue weighted by atomic mass is 9.79. The van der Waals surface area contributed by atoms with Crippen LogP contribution in [-0.4, -0.2) is 18.7 Å². The zero-order valence-electron chi connectivity index (χ0n) is 14.5. The van der Waals surface area contributed by atoms with Crippen LogP contribution in [0.15, 0.2) is 63.8 Å². The molecule has 0 fully saturated rings. The van der Waals surface area contributed by atoms with Crippen LogP contribution < -0.4 is 10.4 Å². The van der Waals surface area contributed by atoms with Crippen LogP contribution in [0.2, 0.25) is 0 Å². The van der Waals surface area contributed by atoms with Crippen molar-refractivity contribution < 1.29 is 18.7 Å². The van der Waals surface area contributed by atoms with Crippen molar-refractivity contribution in [2.75, 3.05) is 7.11 Å². The van der Waals surface area contributed by atoms with Crippen LogP contribution in [-0.2, 0) is 9.53 Å². The zero-order valence-corrected chi connectivity index (χ0v) is 14.5. The minimum atomic E-state index is -1.20. The summed E-state index contributed by atoms with van der Waals surface area (Å²) in [5, 5.41) is 0.665. The van der Waals surface area contributed by atoms with Crippen LogP contribution in [0.5, 0.6) is 5.75 Å². The zero-order chi connectivity index (χ0) is 18.3. The van der Waals surface area contributed by atoms with Gasteiger partial charge in [0.2, 0.25) is 5.60 Å². The summed E-state index contributed by atoms with van der Waals surface area (Å²) in [5.41, 5.74) is 0.154. The summed E-state index contributed by atoms with van der Waals surface area (Å²) in [6, 6.07) is 16.8. The maximum absolute atomic E-state index is 12.7. The van der Waals surface area contributed by atoms with Gasteiger partial charge >= 0.3 is 11.6 Å². The molecule has 26 heavy (non-hydrogen) atoms. The van der Waals surface area contributed by atoms with Crippen LogP contribution >= 0.6 is 0 Å². The molecule has 2 aromatic carbocycles. The Hall–Kier alpha value is -3.08. The summed E-state index contributed by atoms with van der Waals surface area (Å²) >= 11 is 0. The highest BCUT2D eigenvalue weighted by atomic mass is 16.6. The molecule has 2 heterocycles. The highest BCUT2D eigenvalue weighted by Crippen LogP contribution is 2.46. The van der Waals surface area contributed by atoms with Crippen LogP contribution in [0.25, 0.3) is 11.0 Å². The molecule has 4 rings (SSSR count). The third kappa shape index (κ3) is 2.47. The Bertz CT molecular complexity index is 1040. The van der Waals surface area contributed by atoms with E-state index >= 15 is 0 Å². The molecule has 5 nitrogen and oxygen atoms in total. The molecule has 0 saturated carbocycles. The molecule has 0 N–H and O–H groups in total. The van der Waals surface area contributed by atoms with E-state index in [0.29, 0.717) is 28.7 Å². The van der Waals surface area contributed by atoms with E-state index in [2.05, 4.69) is 0 Å². The molecule has 1 aliphatic rings. The molecule has 3 aromatic rings. The van der Waals surface area contributed by atoms with Gasteiger partial charge in [-0.15, -0.1) is 0 Å².